The van der Waals surface area contributed by atoms with Crippen molar-refractivity contribution in [3.8, 4) is 0 Å². The van der Waals surface area contributed by atoms with Gasteiger partial charge in [0, 0.05) is 13.1 Å². The molecule has 1 aromatic rings. The smallest absolute Gasteiger partial charge is 0.260 e. The van der Waals surface area contributed by atoms with E-state index < -0.39 is 10.0 Å². The quantitative estimate of drug-likeness (QED) is 0.862. The minimum Gasteiger partial charge on any atom is -0.332 e. The first-order valence-electron chi connectivity index (χ1n) is 5.42. The van der Waals surface area contributed by atoms with E-state index in [9.17, 15) is 8.42 Å². The molecule has 16 heavy (non-hydrogen) atoms. The van der Waals surface area contributed by atoms with Crippen molar-refractivity contribution in [2.24, 2.45) is 5.92 Å². The third-order valence-electron chi connectivity index (χ3n) is 3.21. The minimum absolute atomic E-state index is 0.0635. The van der Waals surface area contributed by atoms with Crippen molar-refractivity contribution in [1.29, 1.82) is 0 Å². The van der Waals surface area contributed by atoms with Crippen LogP contribution in [-0.4, -0.2) is 35.8 Å². The lowest BCUT2D eigenvalue weighted by molar-refractivity contribution is 0.356. The van der Waals surface area contributed by atoms with Gasteiger partial charge in [-0.05, 0) is 32.6 Å². The molecule has 6 heteroatoms. The van der Waals surface area contributed by atoms with E-state index in [-0.39, 0.29) is 11.1 Å². The molecule has 1 unspecified atom stereocenters. The zero-order chi connectivity index (χ0) is 11.9. The lowest BCUT2D eigenvalue weighted by atomic mass is 10.2. The molecule has 0 saturated heterocycles. The standard InChI is InChI=1S/C10H17N3O2S/c1-7(9-4-5-9)13(3)16(14,15)10-6-11-8(2)12-10/h6-7,9H,4-5H2,1-3H3,(H,11,12). The van der Waals surface area contributed by atoms with E-state index in [1.54, 1.807) is 14.0 Å². The fourth-order valence-electron chi connectivity index (χ4n) is 1.78. The Balaban J connectivity index is 2.24. The molecule has 1 saturated carbocycles. The van der Waals surface area contributed by atoms with Crippen LogP contribution in [0.25, 0.3) is 0 Å². The molecule has 1 heterocycles. The highest BCUT2D eigenvalue weighted by molar-refractivity contribution is 7.89. The Labute approximate surface area is 95.9 Å². The Kier molecular flexibility index (Phi) is 2.79. The summed E-state index contributed by atoms with van der Waals surface area (Å²) in [6, 6.07) is 0.0635. The van der Waals surface area contributed by atoms with Crippen LogP contribution in [0.15, 0.2) is 11.2 Å². The van der Waals surface area contributed by atoms with E-state index in [0.29, 0.717) is 11.7 Å². The summed E-state index contributed by atoms with van der Waals surface area (Å²) >= 11 is 0. The number of aromatic amines is 1. The summed E-state index contributed by atoms with van der Waals surface area (Å²) in [6.45, 7) is 3.70. The highest BCUT2D eigenvalue weighted by Crippen LogP contribution is 2.36. The van der Waals surface area contributed by atoms with Crippen molar-refractivity contribution < 1.29 is 8.42 Å². The fourth-order valence-corrected chi connectivity index (χ4v) is 3.16. The van der Waals surface area contributed by atoms with E-state index in [1.165, 1.54) is 10.5 Å². The van der Waals surface area contributed by atoms with Gasteiger partial charge in [-0.15, -0.1) is 0 Å². The van der Waals surface area contributed by atoms with E-state index in [1.807, 2.05) is 6.92 Å². The van der Waals surface area contributed by atoms with Crippen molar-refractivity contribution in [3.63, 3.8) is 0 Å². The van der Waals surface area contributed by atoms with Crippen LogP contribution < -0.4 is 0 Å². The molecule has 5 nitrogen and oxygen atoms in total. The topological polar surface area (TPSA) is 66.1 Å². The summed E-state index contributed by atoms with van der Waals surface area (Å²) in [5.41, 5.74) is 0. The number of imidazole rings is 1. The predicted molar refractivity (Wildman–Crippen MR) is 60.5 cm³/mol. The van der Waals surface area contributed by atoms with Crippen LogP contribution in [0.5, 0.6) is 0 Å². The number of sulfonamides is 1. The number of hydrogen-bond acceptors (Lipinski definition) is 3. The zero-order valence-electron chi connectivity index (χ0n) is 9.77. The number of rotatable bonds is 4. The van der Waals surface area contributed by atoms with Gasteiger partial charge in [0.15, 0.2) is 5.03 Å². The second-order valence-electron chi connectivity index (χ2n) is 4.43. The lowest BCUT2D eigenvalue weighted by Gasteiger charge is -2.23. The second kappa shape index (κ2) is 3.85. The summed E-state index contributed by atoms with van der Waals surface area (Å²) in [5.74, 6) is 1.13. The van der Waals surface area contributed by atoms with Gasteiger partial charge >= 0.3 is 0 Å². The van der Waals surface area contributed by atoms with Crippen LogP contribution in [0.1, 0.15) is 25.6 Å². The molecule has 2 rings (SSSR count). The SMILES string of the molecule is Cc1ncc(S(=O)(=O)N(C)C(C)C2CC2)[nH]1. The van der Waals surface area contributed by atoms with Gasteiger partial charge in [0.2, 0.25) is 0 Å². The van der Waals surface area contributed by atoms with Gasteiger partial charge in [-0.3, -0.25) is 0 Å². The zero-order valence-corrected chi connectivity index (χ0v) is 10.6. The number of aryl methyl sites for hydroxylation is 1. The van der Waals surface area contributed by atoms with Gasteiger partial charge in [-0.1, -0.05) is 0 Å². The minimum atomic E-state index is -3.41. The van der Waals surface area contributed by atoms with Gasteiger partial charge in [0.25, 0.3) is 10.0 Å². The van der Waals surface area contributed by atoms with Gasteiger partial charge in [0.1, 0.15) is 5.82 Å². The number of nitrogens with one attached hydrogen (secondary N) is 1. The summed E-state index contributed by atoms with van der Waals surface area (Å²) < 4.78 is 25.8. The summed E-state index contributed by atoms with van der Waals surface area (Å²) in [5, 5.41) is 0.181. The highest BCUT2D eigenvalue weighted by Gasteiger charge is 2.36. The Hall–Kier alpha value is -0.880. The Morgan fingerprint density at radius 3 is 2.62 bits per heavy atom. The molecular formula is C10H17N3O2S. The molecule has 0 aliphatic heterocycles. The van der Waals surface area contributed by atoms with E-state index >= 15 is 0 Å². The molecule has 1 N–H and O–H groups in total. The average molecular weight is 243 g/mol. The van der Waals surface area contributed by atoms with Crippen LogP contribution in [0.4, 0.5) is 0 Å². The lowest BCUT2D eigenvalue weighted by Crippen LogP contribution is -2.36. The first-order valence-corrected chi connectivity index (χ1v) is 6.86. The molecule has 1 fully saturated rings. The average Bonchev–Trinajstić information content (AvgIpc) is 2.98. The number of nitrogens with zero attached hydrogens (tertiary/aromatic N) is 2. The maximum Gasteiger partial charge on any atom is 0.260 e. The first-order chi connectivity index (χ1) is 7.43. The van der Waals surface area contributed by atoms with Crippen molar-refractivity contribution in [3.05, 3.63) is 12.0 Å². The molecule has 0 spiro atoms. The molecule has 1 aromatic heterocycles. The van der Waals surface area contributed by atoms with Gasteiger partial charge in [-0.25, -0.2) is 13.4 Å². The second-order valence-corrected chi connectivity index (χ2v) is 6.40. The maximum absolute atomic E-state index is 12.2. The van der Waals surface area contributed by atoms with Crippen molar-refractivity contribution in [1.82, 2.24) is 14.3 Å². The van der Waals surface area contributed by atoms with Crippen LogP contribution in [0.3, 0.4) is 0 Å². The molecule has 0 bridgehead atoms. The monoisotopic (exact) mass is 243 g/mol. The third kappa shape index (κ3) is 1.99. The molecule has 0 amide bonds. The molecule has 1 aliphatic carbocycles. The van der Waals surface area contributed by atoms with Crippen LogP contribution in [0, 0.1) is 12.8 Å². The predicted octanol–water partition coefficient (Wildman–Crippen LogP) is 1.14. The fraction of sp³-hybridized carbons (Fsp3) is 0.700. The highest BCUT2D eigenvalue weighted by atomic mass is 32.2. The molecule has 1 aliphatic rings. The van der Waals surface area contributed by atoms with Crippen molar-refractivity contribution >= 4 is 10.0 Å². The number of hydrogen-bond donors (Lipinski definition) is 1. The summed E-state index contributed by atoms with van der Waals surface area (Å²) in [7, 11) is -1.77. The summed E-state index contributed by atoms with van der Waals surface area (Å²) in [4.78, 5) is 6.69. The largest absolute Gasteiger partial charge is 0.332 e. The van der Waals surface area contributed by atoms with Crippen molar-refractivity contribution in [2.75, 3.05) is 7.05 Å². The summed E-state index contributed by atoms with van der Waals surface area (Å²) in [6.07, 6.45) is 3.63. The van der Waals surface area contributed by atoms with Gasteiger partial charge in [-0.2, -0.15) is 4.31 Å². The van der Waals surface area contributed by atoms with Crippen LogP contribution in [0.2, 0.25) is 0 Å². The van der Waals surface area contributed by atoms with E-state index in [0.717, 1.165) is 12.8 Å². The number of H-pyrrole nitrogens is 1. The van der Waals surface area contributed by atoms with Crippen LogP contribution >= 0.6 is 0 Å². The molecule has 0 radical (unpaired) electrons. The van der Waals surface area contributed by atoms with Gasteiger partial charge < -0.3 is 4.98 Å². The Morgan fingerprint density at radius 1 is 1.56 bits per heavy atom. The molecular weight excluding hydrogens is 226 g/mol. The molecule has 1 atom stereocenters. The Bertz CT molecular complexity index is 476. The number of aromatic nitrogens is 2. The van der Waals surface area contributed by atoms with Crippen LogP contribution in [-0.2, 0) is 10.0 Å². The van der Waals surface area contributed by atoms with Crippen molar-refractivity contribution in [2.45, 2.75) is 37.8 Å². The maximum atomic E-state index is 12.2. The normalized spacial score (nSPS) is 19.0. The van der Waals surface area contributed by atoms with E-state index in [2.05, 4.69) is 9.97 Å². The molecule has 0 aromatic carbocycles. The first kappa shape index (κ1) is 11.6. The molecule has 90 valence electrons. The van der Waals surface area contributed by atoms with Gasteiger partial charge in [0.05, 0.1) is 6.20 Å². The van der Waals surface area contributed by atoms with E-state index in [4.69, 9.17) is 0 Å². The Morgan fingerprint density at radius 2 is 2.19 bits per heavy atom. The third-order valence-corrected chi connectivity index (χ3v) is 5.07.